The average molecular weight is 400 g/mol. The molecule has 0 bridgehead atoms. The molecule has 1 aliphatic carbocycles. The van der Waals surface area contributed by atoms with E-state index in [0.717, 1.165) is 18.6 Å². The number of benzene rings is 2. The fraction of sp³-hybridized carbons (Fsp3) is 0.409. The van der Waals surface area contributed by atoms with Crippen LogP contribution in [0, 0.1) is 5.92 Å². The summed E-state index contributed by atoms with van der Waals surface area (Å²) in [5, 5.41) is -0.515. The Kier molecular flexibility index (Phi) is 5.15. The summed E-state index contributed by atoms with van der Waals surface area (Å²) in [6.45, 7) is 0.809. The molecular weight excluding hydrogens is 374 g/mol. The fourth-order valence-electron chi connectivity index (χ4n) is 4.31. The first-order chi connectivity index (χ1) is 13.5. The number of hydrogen-bond acceptors (Lipinski definition) is 4. The van der Waals surface area contributed by atoms with Crippen molar-refractivity contribution in [3.05, 3.63) is 59.7 Å². The van der Waals surface area contributed by atoms with Crippen LogP contribution in [0.2, 0.25) is 0 Å². The molecule has 148 valence electrons. The number of rotatable bonds is 4. The minimum atomic E-state index is -3.40. The Morgan fingerprint density at radius 2 is 1.86 bits per heavy atom. The zero-order chi connectivity index (χ0) is 19.7. The van der Waals surface area contributed by atoms with Gasteiger partial charge in [0.15, 0.2) is 9.84 Å². The first-order valence-electron chi connectivity index (χ1n) is 9.72. The van der Waals surface area contributed by atoms with Gasteiger partial charge in [-0.2, -0.15) is 0 Å². The molecule has 0 N–H and O–H groups in total. The number of sulfone groups is 1. The molecule has 4 rings (SSSR count). The van der Waals surface area contributed by atoms with Gasteiger partial charge in [-0.25, -0.2) is 8.42 Å². The summed E-state index contributed by atoms with van der Waals surface area (Å²) in [4.78, 5) is 15.1. The Balaban J connectivity index is 1.44. The number of fused-ring (bicyclic) bond motifs is 1. The van der Waals surface area contributed by atoms with E-state index in [4.69, 9.17) is 4.74 Å². The maximum atomic E-state index is 13.0. The summed E-state index contributed by atoms with van der Waals surface area (Å²) < 4.78 is 31.0. The molecule has 2 atom stereocenters. The zero-order valence-corrected chi connectivity index (χ0v) is 16.8. The van der Waals surface area contributed by atoms with Gasteiger partial charge in [0.1, 0.15) is 5.75 Å². The highest BCUT2D eigenvalue weighted by Crippen LogP contribution is 2.31. The van der Waals surface area contributed by atoms with E-state index in [0.29, 0.717) is 30.8 Å². The van der Waals surface area contributed by atoms with E-state index in [1.165, 1.54) is 11.1 Å². The van der Waals surface area contributed by atoms with Gasteiger partial charge in [0.05, 0.1) is 17.3 Å². The number of likely N-dealkylation sites (tertiary alicyclic amines) is 1. The molecule has 1 heterocycles. The van der Waals surface area contributed by atoms with E-state index in [1.807, 2.05) is 18.2 Å². The third-order valence-electron chi connectivity index (χ3n) is 5.96. The molecule has 1 amide bonds. The molecule has 0 radical (unpaired) electrons. The van der Waals surface area contributed by atoms with Gasteiger partial charge >= 0.3 is 0 Å². The Bertz CT molecular complexity index is 971. The second-order valence-corrected chi connectivity index (χ2v) is 9.86. The van der Waals surface area contributed by atoms with Crippen molar-refractivity contribution in [1.29, 1.82) is 0 Å². The van der Waals surface area contributed by atoms with Gasteiger partial charge < -0.3 is 9.64 Å². The first-order valence-corrected chi connectivity index (χ1v) is 11.3. The molecular formula is C22H25NO4S. The largest absolute Gasteiger partial charge is 0.497 e. The molecule has 2 aliphatic rings. The zero-order valence-electron chi connectivity index (χ0n) is 16.0. The number of hydrogen-bond donors (Lipinski definition) is 0. The van der Waals surface area contributed by atoms with E-state index in [2.05, 4.69) is 0 Å². The molecule has 2 aromatic carbocycles. The second-order valence-electron chi connectivity index (χ2n) is 7.63. The van der Waals surface area contributed by atoms with Crippen LogP contribution in [0.1, 0.15) is 24.0 Å². The summed E-state index contributed by atoms with van der Waals surface area (Å²) in [5.41, 5.74) is 2.44. The van der Waals surface area contributed by atoms with Gasteiger partial charge in [0, 0.05) is 19.0 Å². The van der Waals surface area contributed by atoms with Crippen molar-refractivity contribution < 1.29 is 17.9 Å². The number of nitrogens with zero attached hydrogens (tertiary/aromatic N) is 1. The molecule has 2 aromatic rings. The lowest BCUT2D eigenvalue weighted by atomic mass is 9.83. The van der Waals surface area contributed by atoms with Crippen molar-refractivity contribution in [1.82, 2.24) is 4.90 Å². The molecule has 0 aromatic heterocycles. The van der Waals surface area contributed by atoms with Gasteiger partial charge in [-0.15, -0.1) is 0 Å². The van der Waals surface area contributed by atoms with Crippen molar-refractivity contribution in [2.24, 2.45) is 5.92 Å². The molecule has 5 nitrogen and oxygen atoms in total. The number of methoxy groups -OCH3 is 1. The monoisotopic (exact) mass is 399 g/mol. The third kappa shape index (κ3) is 3.53. The van der Waals surface area contributed by atoms with Gasteiger partial charge in [-0.05, 0) is 61.1 Å². The summed E-state index contributed by atoms with van der Waals surface area (Å²) >= 11 is 0. The summed E-state index contributed by atoms with van der Waals surface area (Å²) in [7, 11) is -1.74. The first kappa shape index (κ1) is 19.0. The fourth-order valence-corrected chi connectivity index (χ4v) is 6.02. The molecule has 28 heavy (non-hydrogen) atoms. The number of aryl methyl sites for hydroxylation is 1. The van der Waals surface area contributed by atoms with Crippen LogP contribution in [0.15, 0.2) is 53.4 Å². The van der Waals surface area contributed by atoms with E-state index in [-0.39, 0.29) is 11.8 Å². The van der Waals surface area contributed by atoms with E-state index >= 15 is 0 Å². The van der Waals surface area contributed by atoms with Crippen molar-refractivity contribution in [3.63, 3.8) is 0 Å². The lowest BCUT2D eigenvalue weighted by Crippen LogP contribution is -2.38. The lowest BCUT2D eigenvalue weighted by Gasteiger charge is -2.28. The number of carbonyl (C=O) groups excluding carboxylic acids is 1. The van der Waals surface area contributed by atoms with Crippen LogP contribution in [-0.2, 0) is 27.5 Å². The maximum Gasteiger partial charge on any atom is 0.226 e. The highest BCUT2D eigenvalue weighted by molar-refractivity contribution is 7.92. The number of ether oxygens (including phenoxy) is 1. The van der Waals surface area contributed by atoms with Crippen molar-refractivity contribution in [2.45, 2.75) is 35.8 Å². The van der Waals surface area contributed by atoms with Gasteiger partial charge in [0.2, 0.25) is 5.91 Å². The molecule has 1 saturated heterocycles. The third-order valence-corrected chi connectivity index (χ3v) is 8.15. The summed E-state index contributed by atoms with van der Waals surface area (Å²) in [6, 6.07) is 14.6. The van der Waals surface area contributed by atoms with Gasteiger partial charge in [-0.3, -0.25) is 4.79 Å². The van der Waals surface area contributed by atoms with Crippen LogP contribution in [0.5, 0.6) is 5.75 Å². The minimum Gasteiger partial charge on any atom is -0.497 e. The topological polar surface area (TPSA) is 63.7 Å². The van der Waals surface area contributed by atoms with Crippen molar-refractivity contribution in [3.8, 4) is 5.75 Å². The molecule has 0 saturated carbocycles. The SMILES string of the molecule is COc1ccc2c(c1)CCC(C(=O)N1CCC(S(=O)(=O)c3ccccc3)C1)C2. The van der Waals surface area contributed by atoms with Gasteiger partial charge in [-0.1, -0.05) is 24.3 Å². The van der Waals surface area contributed by atoms with Crippen LogP contribution < -0.4 is 4.74 Å². The smallest absolute Gasteiger partial charge is 0.226 e. The predicted molar refractivity (Wildman–Crippen MR) is 107 cm³/mol. The Labute approximate surface area is 166 Å². The number of carbonyl (C=O) groups is 1. The van der Waals surface area contributed by atoms with Crippen LogP contribution >= 0.6 is 0 Å². The quantitative estimate of drug-likeness (QED) is 0.793. The van der Waals surface area contributed by atoms with Crippen LogP contribution in [0.25, 0.3) is 0 Å². The van der Waals surface area contributed by atoms with E-state index < -0.39 is 15.1 Å². The Hall–Kier alpha value is -2.34. The standard InChI is InChI=1S/C22H25NO4S/c1-27-19-10-9-16-13-18(8-7-17(16)14-19)22(24)23-12-11-21(15-23)28(25,26)20-5-3-2-4-6-20/h2-6,9-10,14,18,21H,7-8,11-13,15H2,1H3. The molecule has 6 heteroatoms. The Morgan fingerprint density at radius 3 is 2.61 bits per heavy atom. The average Bonchev–Trinajstić information content (AvgIpc) is 3.24. The predicted octanol–water partition coefficient (Wildman–Crippen LogP) is 2.87. The number of amides is 1. The highest BCUT2D eigenvalue weighted by atomic mass is 32.2. The van der Waals surface area contributed by atoms with Crippen molar-refractivity contribution >= 4 is 15.7 Å². The minimum absolute atomic E-state index is 0.0703. The van der Waals surface area contributed by atoms with E-state index in [1.54, 1.807) is 42.3 Å². The summed E-state index contributed by atoms with van der Waals surface area (Å²) in [6.07, 6.45) is 2.86. The van der Waals surface area contributed by atoms with Crippen LogP contribution in [0.3, 0.4) is 0 Å². The Morgan fingerprint density at radius 1 is 1.07 bits per heavy atom. The van der Waals surface area contributed by atoms with Gasteiger partial charge in [0.25, 0.3) is 0 Å². The summed E-state index contributed by atoms with van der Waals surface area (Å²) in [5.74, 6) is 0.864. The molecule has 1 aliphatic heterocycles. The highest BCUT2D eigenvalue weighted by Gasteiger charge is 2.38. The van der Waals surface area contributed by atoms with E-state index in [9.17, 15) is 13.2 Å². The second kappa shape index (κ2) is 7.59. The molecule has 0 spiro atoms. The molecule has 2 unspecified atom stereocenters. The van der Waals surface area contributed by atoms with Crippen LogP contribution in [0.4, 0.5) is 0 Å². The lowest BCUT2D eigenvalue weighted by molar-refractivity contribution is -0.134. The van der Waals surface area contributed by atoms with Crippen molar-refractivity contribution in [2.75, 3.05) is 20.2 Å². The normalized spacial score (nSPS) is 22.0. The van der Waals surface area contributed by atoms with Crippen LogP contribution in [-0.4, -0.2) is 44.7 Å². The maximum absolute atomic E-state index is 13.0. The molecule has 1 fully saturated rings.